The molecule has 4 atom stereocenters. The third kappa shape index (κ3) is 1.51. The van der Waals surface area contributed by atoms with Crippen molar-refractivity contribution in [2.75, 3.05) is 11.8 Å². The quantitative estimate of drug-likeness (QED) is 0.509. The smallest absolute Gasteiger partial charge is 0.0404 e. The van der Waals surface area contributed by atoms with Gasteiger partial charge < -0.3 is 0 Å². The van der Waals surface area contributed by atoms with E-state index in [9.17, 15) is 0 Å². The molecule has 0 amide bonds. The van der Waals surface area contributed by atoms with Crippen molar-refractivity contribution in [3.05, 3.63) is 12.2 Å². The van der Waals surface area contributed by atoms with Gasteiger partial charge >= 0.3 is 0 Å². The molecule has 2 bridgehead atoms. The van der Waals surface area contributed by atoms with Gasteiger partial charge in [-0.3, -0.25) is 0 Å². The Morgan fingerprint density at radius 2 is 2.14 bits per heavy atom. The largest absolute Gasteiger partial charge is 0.126 e. The first kappa shape index (κ1) is 10.8. The lowest BCUT2D eigenvalue weighted by Gasteiger charge is -2.38. The highest BCUT2D eigenvalue weighted by Crippen LogP contribution is 2.60. The molecule has 2 rings (SSSR count). The van der Waals surface area contributed by atoms with Crippen LogP contribution in [0, 0.1) is 23.2 Å². The molecule has 0 aromatic heterocycles. The van der Waals surface area contributed by atoms with Crippen molar-refractivity contribution in [1.29, 1.82) is 0 Å². The molecule has 0 aromatic rings. The number of hydrogen-bond donors (Lipinski definition) is 0. The van der Waals surface area contributed by atoms with Crippen LogP contribution in [-0.4, -0.2) is 11.8 Å². The first-order valence-corrected chi connectivity index (χ1v) is 6.59. The van der Waals surface area contributed by atoms with Crippen LogP contribution in [0.3, 0.4) is 0 Å². The number of fused-ring (bicyclic) bond motifs is 2. The monoisotopic (exact) mass is 232 g/mol. The average molecular weight is 233 g/mol. The molecule has 0 nitrogen and oxygen atoms in total. The van der Waals surface area contributed by atoms with Gasteiger partial charge in [-0.25, -0.2) is 0 Å². The van der Waals surface area contributed by atoms with E-state index in [1.54, 1.807) is 0 Å². The lowest BCUT2D eigenvalue weighted by molar-refractivity contribution is 0.175. The molecule has 0 aromatic carbocycles. The minimum Gasteiger partial charge on any atom is -0.126 e. The van der Waals surface area contributed by atoms with Crippen LogP contribution in [0.4, 0.5) is 0 Å². The molecule has 2 aliphatic carbocycles. The summed E-state index contributed by atoms with van der Waals surface area (Å²) in [5.74, 6) is 3.85. The molecule has 2 aliphatic rings. The summed E-state index contributed by atoms with van der Waals surface area (Å²) in [4.78, 5) is 0. The van der Waals surface area contributed by atoms with E-state index in [4.69, 9.17) is 23.2 Å². The fourth-order valence-corrected chi connectivity index (χ4v) is 4.28. The van der Waals surface area contributed by atoms with Crippen LogP contribution in [0.25, 0.3) is 0 Å². The predicted octanol–water partition coefficient (Wildman–Crippen LogP) is 4.07. The van der Waals surface area contributed by atoms with Crippen LogP contribution in [0.5, 0.6) is 0 Å². The van der Waals surface area contributed by atoms with Crippen molar-refractivity contribution in [3.8, 4) is 0 Å². The van der Waals surface area contributed by atoms with Crippen LogP contribution < -0.4 is 0 Å². The van der Waals surface area contributed by atoms with E-state index >= 15 is 0 Å². The zero-order chi connectivity index (χ0) is 10.2. The van der Waals surface area contributed by atoms with Crippen molar-refractivity contribution in [2.45, 2.75) is 26.2 Å². The fraction of sp³-hybridized carbons (Fsp3) is 0.833. The third-order valence-corrected chi connectivity index (χ3v) is 4.96. The molecule has 0 aliphatic heterocycles. The lowest BCUT2D eigenvalue weighted by atomic mass is 9.68. The van der Waals surface area contributed by atoms with Gasteiger partial charge in [-0.15, -0.1) is 23.2 Å². The Hall–Kier alpha value is 0.320. The minimum atomic E-state index is 0.333. The Morgan fingerprint density at radius 3 is 2.79 bits per heavy atom. The average Bonchev–Trinajstić information content (AvgIpc) is 2.74. The Kier molecular flexibility index (Phi) is 3.14. The first-order valence-electron chi connectivity index (χ1n) is 5.52. The van der Waals surface area contributed by atoms with Crippen molar-refractivity contribution >= 4 is 23.2 Å². The number of rotatable bonds is 3. The Balaban J connectivity index is 2.19. The summed E-state index contributed by atoms with van der Waals surface area (Å²) in [5, 5.41) is 0. The van der Waals surface area contributed by atoms with Crippen molar-refractivity contribution in [2.24, 2.45) is 23.2 Å². The van der Waals surface area contributed by atoms with E-state index < -0.39 is 0 Å². The van der Waals surface area contributed by atoms with Gasteiger partial charge in [-0.2, -0.15) is 0 Å². The highest BCUT2D eigenvalue weighted by atomic mass is 35.5. The second kappa shape index (κ2) is 4.06. The van der Waals surface area contributed by atoms with E-state index in [2.05, 4.69) is 19.1 Å². The summed E-state index contributed by atoms with van der Waals surface area (Å²) in [5.41, 5.74) is 0.333. The zero-order valence-electron chi connectivity index (χ0n) is 8.68. The molecule has 0 saturated heterocycles. The van der Waals surface area contributed by atoms with E-state index in [-0.39, 0.29) is 0 Å². The highest BCUT2D eigenvalue weighted by molar-refractivity contribution is 6.19. The standard InChI is InChI=1S/C12H18Cl2/c1-12(5-2-6-13)10-4-3-9(7-10)11(12)8-14/h2,5,9-11H,3-4,6-8H2,1H3/t9-,10+,11-,12-/m1/s1. The number of halogens is 2. The Morgan fingerprint density at radius 1 is 1.36 bits per heavy atom. The summed E-state index contributed by atoms with van der Waals surface area (Å²) in [6, 6.07) is 0. The number of alkyl halides is 2. The van der Waals surface area contributed by atoms with Gasteiger partial charge in [0.15, 0.2) is 0 Å². The molecular weight excluding hydrogens is 215 g/mol. The molecule has 14 heavy (non-hydrogen) atoms. The van der Waals surface area contributed by atoms with Crippen LogP contribution in [0.2, 0.25) is 0 Å². The van der Waals surface area contributed by atoms with Crippen molar-refractivity contribution < 1.29 is 0 Å². The summed E-state index contributed by atoms with van der Waals surface area (Å²) in [7, 11) is 0. The van der Waals surface area contributed by atoms with Gasteiger partial charge in [0.05, 0.1) is 0 Å². The highest BCUT2D eigenvalue weighted by Gasteiger charge is 2.53. The van der Waals surface area contributed by atoms with Crippen LogP contribution in [-0.2, 0) is 0 Å². The Bertz CT molecular complexity index is 236. The normalized spacial score (nSPS) is 46.6. The van der Waals surface area contributed by atoms with Crippen LogP contribution in [0.1, 0.15) is 26.2 Å². The molecule has 0 N–H and O–H groups in total. The summed E-state index contributed by atoms with van der Waals surface area (Å²) in [6.45, 7) is 2.37. The summed E-state index contributed by atoms with van der Waals surface area (Å²) < 4.78 is 0. The zero-order valence-corrected chi connectivity index (χ0v) is 10.2. The van der Waals surface area contributed by atoms with Gasteiger partial charge in [-0.1, -0.05) is 19.1 Å². The second-order valence-corrected chi connectivity index (χ2v) is 5.57. The maximum atomic E-state index is 6.10. The van der Waals surface area contributed by atoms with Gasteiger partial charge in [0, 0.05) is 11.8 Å². The van der Waals surface area contributed by atoms with Gasteiger partial charge in [0.2, 0.25) is 0 Å². The van der Waals surface area contributed by atoms with E-state index in [0.717, 1.165) is 17.7 Å². The van der Waals surface area contributed by atoms with Crippen molar-refractivity contribution in [3.63, 3.8) is 0 Å². The molecule has 0 radical (unpaired) electrons. The maximum absolute atomic E-state index is 6.10. The Labute approximate surface area is 96.7 Å². The number of allylic oxidation sites excluding steroid dienone is 2. The SMILES string of the molecule is C[C@@]1(C=CCCl)[C@H]2CC[C@H](C2)[C@H]1CCl. The third-order valence-electron chi connectivity index (χ3n) is 4.45. The van der Waals surface area contributed by atoms with Crippen LogP contribution in [0.15, 0.2) is 12.2 Å². The van der Waals surface area contributed by atoms with Gasteiger partial charge in [0.25, 0.3) is 0 Å². The van der Waals surface area contributed by atoms with Gasteiger partial charge in [0.1, 0.15) is 0 Å². The van der Waals surface area contributed by atoms with E-state index in [1.165, 1.54) is 19.3 Å². The molecule has 2 heteroatoms. The fourth-order valence-electron chi connectivity index (χ4n) is 3.61. The van der Waals surface area contributed by atoms with Gasteiger partial charge in [-0.05, 0) is 42.4 Å². The molecule has 0 heterocycles. The number of hydrogen-bond acceptors (Lipinski definition) is 0. The minimum absolute atomic E-state index is 0.333. The molecule has 80 valence electrons. The van der Waals surface area contributed by atoms with E-state index in [0.29, 0.717) is 17.2 Å². The summed E-state index contributed by atoms with van der Waals surface area (Å²) in [6.07, 6.45) is 8.60. The van der Waals surface area contributed by atoms with E-state index in [1.807, 2.05) is 0 Å². The molecular formula is C12H18Cl2. The first-order chi connectivity index (χ1) is 6.72. The molecule has 2 fully saturated rings. The summed E-state index contributed by atoms with van der Waals surface area (Å²) >= 11 is 11.8. The molecule has 0 unspecified atom stereocenters. The van der Waals surface area contributed by atoms with Crippen molar-refractivity contribution in [1.82, 2.24) is 0 Å². The van der Waals surface area contributed by atoms with Crippen LogP contribution >= 0.6 is 23.2 Å². The second-order valence-electron chi connectivity index (χ2n) is 4.95. The molecule has 0 spiro atoms. The topological polar surface area (TPSA) is 0 Å². The lowest BCUT2D eigenvalue weighted by Crippen LogP contribution is -2.32. The maximum Gasteiger partial charge on any atom is 0.0404 e. The predicted molar refractivity (Wildman–Crippen MR) is 63.0 cm³/mol. The molecule has 2 saturated carbocycles.